The van der Waals surface area contributed by atoms with Crippen LogP contribution >= 0.6 is 0 Å². The predicted octanol–water partition coefficient (Wildman–Crippen LogP) is -0.364. The normalized spacial score (nSPS) is 2.00. The molecule has 0 saturated heterocycles. The van der Waals surface area contributed by atoms with Gasteiger partial charge < -0.3 is 5.48 Å². The van der Waals surface area contributed by atoms with Gasteiger partial charge in [-0.2, -0.15) is 0 Å². The molecule has 0 rings (SSSR count). The monoisotopic (exact) mass is 224 g/mol. The van der Waals surface area contributed by atoms with Crippen LogP contribution in [0.3, 0.4) is 0 Å². The zero-order chi connectivity index (χ0) is 4.00. The second-order valence-electron chi connectivity index (χ2n) is 0. The standard InChI is InChI=1S/Cu.Mn.Ni.3O/q;+2;;;;-2. The summed E-state index contributed by atoms with van der Waals surface area (Å²) in [5.41, 5.74) is 0. The van der Waals surface area contributed by atoms with E-state index in [1.54, 1.807) is 0 Å². The molecule has 0 aromatic rings. The maximum absolute atomic E-state index is 7.88. The molecule has 0 atom stereocenters. The van der Waals surface area contributed by atoms with Crippen molar-refractivity contribution in [1.29, 1.82) is 0 Å². The van der Waals surface area contributed by atoms with Crippen molar-refractivity contribution in [3.05, 3.63) is 0 Å². The average molecular weight is 225 g/mol. The Morgan fingerprint density at radius 2 is 1.17 bits per heavy atom. The molecule has 1 radical (unpaired) electrons. The first kappa shape index (κ1) is 27.5. The van der Waals surface area contributed by atoms with Crippen LogP contribution in [0.1, 0.15) is 0 Å². The molecule has 3 nitrogen and oxygen atoms in total. The van der Waals surface area contributed by atoms with E-state index in [0.717, 1.165) is 0 Å². The van der Waals surface area contributed by atoms with Gasteiger partial charge >= 0.3 is 56.1 Å². The molecule has 0 unspecified atom stereocenters. The second kappa shape index (κ2) is 132. The van der Waals surface area contributed by atoms with Crippen LogP contribution in [0, 0.1) is 0 Å². The molecular formula is CuMnNiO3. The molecule has 0 heterocycles. The van der Waals surface area contributed by atoms with Gasteiger partial charge in [0.1, 0.15) is 0 Å². The van der Waals surface area contributed by atoms with Crippen LogP contribution in [0.25, 0.3) is 0 Å². The predicted molar refractivity (Wildman–Crippen MR) is 2.06 cm³/mol. The van der Waals surface area contributed by atoms with Gasteiger partial charge in [0.2, 0.25) is 0 Å². The summed E-state index contributed by atoms with van der Waals surface area (Å²) in [6, 6.07) is 0. The Hall–Kier alpha value is 1.09. The number of rotatable bonds is 0. The molecule has 0 aliphatic carbocycles. The van der Waals surface area contributed by atoms with Gasteiger partial charge in [0.05, 0.1) is 0 Å². The molecule has 46 valence electrons. The van der Waals surface area contributed by atoms with Gasteiger partial charge in [-0.05, 0) is 0 Å². The molecule has 0 bridgehead atoms. The summed E-state index contributed by atoms with van der Waals surface area (Å²) >= 11 is 5.56. The van der Waals surface area contributed by atoms with Gasteiger partial charge in [0.25, 0.3) is 0 Å². The Labute approximate surface area is 61.6 Å². The minimum absolute atomic E-state index is 0. The van der Waals surface area contributed by atoms with Crippen LogP contribution in [0.15, 0.2) is 0 Å². The average Bonchev–Trinajstić information content (AvgIpc) is 1.50. The van der Waals surface area contributed by atoms with Gasteiger partial charge in [-0.25, -0.2) is 0 Å². The quantitative estimate of drug-likeness (QED) is 0.528. The van der Waals surface area contributed by atoms with Crippen molar-refractivity contribution in [3.8, 4) is 0 Å². The second-order valence-corrected chi connectivity index (χ2v) is 0. The van der Waals surface area contributed by atoms with Crippen LogP contribution in [-0.4, -0.2) is 0 Å². The van der Waals surface area contributed by atoms with Crippen molar-refractivity contribution in [3.63, 3.8) is 0 Å². The summed E-state index contributed by atoms with van der Waals surface area (Å²) in [5, 5.41) is 0. The first-order valence-corrected chi connectivity index (χ1v) is 1.04. The third kappa shape index (κ3) is 71.5. The molecule has 0 aliphatic heterocycles. The van der Waals surface area contributed by atoms with Crippen LogP contribution in [0.2, 0.25) is 0 Å². The first-order chi connectivity index (χ1) is 2.00. The van der Waals surface area contributed by atoms with E-state index >= 15 is 0 Å². The molecule has 0 fully saturated rings. The number of hydrogen-bond donors (Lipinski definition) is 0. The fourth-order valence-corrected chi connectivity index (χ4v) is 0. The fraction of sp³-hybridized carbons (Fsp3) is 0. The SMILES string of the molecule is [Mn+2].[O-2].[O]=[Cu].[O]=[Ni]. The van der Waals surface area contributed by atoms with Crippen molar-refractivity contribution < 1.29 is 61.6 Å². The Bertz CT molecular complexity index is 12.8. The van der Waals surface area contributed by atoms with Gasteiger partial charge in [-0.15, -0.1) is 0 Å². The molecule has 0 N–H and O–H groups in total. The molecule has 0 aromatic carbocycles. The van der Waals surface area contributed by atoms with E-state index in [1.807, 2.05) is 0 Å². The molecule has 0 aromatic heterocycles. The van der Waals surface area contributed by atoms with Crippen molar-refractivity contribution in [2.75, 3.05) is 0 Å². The van der Waals surface area contributed by atoms with Crippen molar-refractivity contribution in [2.45, 2.75) is 0 Å². The van der Waals surface area contributed by atoms with Crippen LogP contribution in [0.4, 0.5) is 0 Å². The zero-order valence-corrected chi connectivity index (χ0v) is 5.33. The van der Waals surface area contributed by atoms with E-state index in [1.165, 1.54) is 0 Å². The van der Waals surface area contributed by atoms with Crippen LogP contribution in [0.5, 0.6) is 0 Å². The molecular weight excluding hydrogens is 225 g/mol. The molecule has 0 spiro atoms. The molecule has 0 aliphatic rings. The minimum atomic E-state index is 0. The van der Waals surface area contributed by atoms with Crippen LogP contribution < -0.4 is 0 Å². The first-order valence-electron chi connectivity index (χ1n) is 0.252. The third-order valence-corrected chi connectivity index (χ3v) is 0. The molecule has 6 heteroatoms. The Morgan fingerprint density at radius 3 is 1.17 bits per heavy atom. The molecule has 0 saturated carbocycles. The van der Waals surface area contributed by atoms with Crippen molar-refractivity contribution in [1.82, 2.24) is 0 Å². The van der Waals surface area contributed by atoms with E-state index in [9.17, 15) is 0 Å². The fourth-order valence-electron chi connectivity index (χ4n) is 0. The summed E-state index contributed by atoms with van der Waals surface area (Å²) in [6.45, 7) is 0. The van der Waals surface area contributed by atoms with E-state index in [2.05, 4.69) is 31.3 Å². The topological polar surface area (TPSA) is 62.6 Å². The van der Waals surface area contributed by atoms with Crippen molar-refractivity contribution in [2.24, 2.45) is 0 Å². The molecule has 0 amide bonds. The Morgan fingerprint density at radius 1 is 1.17 bits per heavy atom. The van der Waals surface area contributed by atoms with Crippen molar-refractivity contribution >= 4 is 0 Å². The van der Waals surface area contributed by atoms with E-state index in [0.29, 0.717) is 0 Å². The summed E-state index contributed by atoms with van der Waals surface area (Å²) in [6.07, 6.45) is 0. The van der Waals surface area contributed by atoms with E-state index in [4.69, 9.17) is 7.73 Å². The summed E-state index contributed by atoms with van der Waals surface area (Å²) in [4.78, 5) is 0. The molecule has 6 heavy (non-hydrogen) atoms. The maximum atomic E-state index is 7.88. The van der Waals surface area contributed by atoms with Gasteiger partial charge in [-0.3, -0.25) is 0 Å². The zero-order valence-electron chi connectivity index (χ0n) is 2.22. The van der Waals surface area contributed by atoms with Crippen LogP contribution in [-0.2, 0) is 61.6 Å². The Balaban J connectivity index is -0.00000000500. The summed E-state index contributed by atoms with van der Waals surface area (Å²) < 4.78 is 15.7. The summed E-state index contributed by atoms with van der Waals surface area (Å²) in [5.74, 6) is 0. The number of hydrogen-bond acceptors (Lipinski definition) is 2. The van der Waals surface area contributed by atoms with E-state index in [-0.39, 0.29) is 22.5 Å². The van der Waals surface area contributed by atoms with Gasteiger partial charge in [0, 0.05) is 0 Å². The van der Waals surface area contributed by atoms with Gasteiger partial charge in [0.15, 0.2) is 0 Å². The van der Waals surface area contributed by atoms with Gasteiger partial charge in [-0.1, -0.05) is 0 Å². The third-order valence-electron chi connectivity index (χ3n) is 0. The van der Waals surface area contributed by atoms with E-state index < -0.39 is 0 Å². The summed E-state index contributed by atoms with van der Waals surface area (Å²) in [7, 11) is 0. The Kier molecular flexibility index (Phi) is 607.